The minimum absolute atomic E-state index is 0.0156. The molecule has 344 valence electrons. The second kappa shape index (κ2) is 14.8. The monoisotopic (exact) mass is 885 g/mol. The first-order valence-corrected chi connectivity index (χ1v) is 25.0. The van der Waals surface area contributed by atoms with E-state index in [4.69, 9.17) is 4.42 Å². The quantitative estimate of drug-likeness (QED) is 0.165. The molecule has 6 aromatic carbocycles. The molecule has 0 unspecified atom stereocenters. The van der Waals surface area contributed by atoms with Crippen molar-refractivity contribution >= 4 is 68.4 Å². The van der Waals surface area contributed by atoms with Crippen molar-refractivity contribution in [2.75, 3.05) is 9.80 Å². The van der Waals surface area contributed by atoms with Gasteiger partial charge in [0, 0.05) is 33.7 Å². The fraction of sp³-hybridized carbons (Fsp3) is 0.397. The van der Waals surface area contributed by atoms with Gasteiger partial charge in [0.2, 0.25) is 0 Å². The summed E-state index contributed by atoms with van der Waals surface area (Å²) in [4.78, 5) is 5.26. The highest BCUT2D eigenvalue weighted by molar-refractivity contribution is 7.00. The Hall–Kier alpha value is -5.48. The molecular weight excluding hydrogens is 812 g/mol. The second-order valence-electron chi connectivity index (χ2n) is 25.9. The van der Waals surface area contributed by atoms with Crippen LogP contribution in [0.3, 0.4) is 0 Å². The Morgan fingerprint density at radius 3 is 1.63 bits per heavy atom. The Labute approximate surface area is 403 Å². The molecule has 0 radical (unpaired) electrons. The summed E-state index contributed by atoms with van der Waals surface area (Å²) in [7, 11) is 0. The van der Waals surface area contributed by atoms with Crippen LogP contribution in [0.5, 0.6) is 0 Å². The van der Waals surface area contributed by atoms with Crippen molar-refractivity contribution in [1.29, 1.82) is 0 Å². The zero-order valence-corrected chi connectivity index (χ0v) is 43.7. The van der Waals surface area contributed by atoms with Crippen molar-refractivity contribution in [2.45, 2.75) is 163 Å². The van der Waals surface area contributed by atoms with Crippen molar-refractivity contribution in [3.05, 3.63) is 148 Å². The molecule has 7 aromatic rings. The molecule has 0 amide bonds. The third-order valence-electron chi connectivity index (χ3n) is 15.8. The van der Waals surface area contributed by atoms with Gasteiger partial charge in [0.15, 0.2) is 0 Å². The Kier molecular flexibility index (Phi) is 9.98. The zero-order valence-electron chi connectivity index (χ0n) is 43.7. The third kappa shape index (κ3) is 7.30. The van der Waals surface area contributed by atoms with Crippen molar-refractivity contribution in [1.82, 2.24) is 0 Å². The first-order valence-electron chi connectivity index (χ1n) is 25.0. The number of rotatable bonds is 3. The molecule has 0 atom stereocenters. The lowest BCUT2D eigenvalue weighted by molar-refractivity contribution is 0.333. The van der Waals surface area contributed by atoms with Crippen molar-refractivity contribution in [2.24, 2.45) is 0 Å². The van der Waals surface area contributed by atoms with Gasteiger partial charge in [-0.15, -0.1) is 0 Å². The molecule has 4 heteroatoms. The number of fused-ring (bicyclic) bond motifs is 8. The van der Waals surface area contributed by atoms with E-state index in [0.29, 0.717) is 0 Å². The molecule has 0 saturated carbocycles. The largest absolute Gasteiger partial charge is 0.468 e. The van der Waals surface area contributed by atoms with E-state index in [0.717, 1.165) is 40.8 Å². The lowest BCUT2D eigenvalue weighted by Gasteiger charge is -2.49. The number of benzene rings is 6. The minimum Gasteiger partial charge on any atom is -0.468 e. The molecule has 10 rings (SSSR count). The molecule has 3 nitrogen and oxygen atoms in total. The maximum atomic E-state index is 7.43. The van der Waals surface area contributed by atoms with Gasteiger partial charge in [-0.25, -0.2) is 0 Å². The molecule has 0 N–H and O–H groups in total. The van der Waals surface area contributed by atoms with E-state index in [1.54, 1.807) is 0 Å². The van der Waals surface area contributed by atoms with Crippen LogP contribution in [0.15, 0.2) is 114 Å². The molecule has 2 aliphatic heterocycles. The molecule has 3 heterocycles. The normalized spacial score (nSPS) is 16.5. The number of anilines is 6. The number of aryl methyl sites for hydroxylation is 1. The van der Waals surface area contributed by atoms with Crippen LogP contribution in [-0.2, 0) is 32.5 Å². The van der Waals surface area contributed by atoms with Crippen LogP contribution in [0.2, 0.25) is 0 Å². The lowest BCUT2D eigenvalue weighted by atomic mass is 9.35. The lowest BCUT2D eigenvalue weighted by Crippen LogP contribution is -2.61. The van der Waals surface area contributed by atoms with E-state index < -0.39 is 0 Å². The highest BCUT2D eigenvalue weighted by Gasteiger charge is 2.50. The summed E-state index contributed by atoms with van der Waals surface area (Å²) in [6.07, 6.45) is 2.26. The van der Waals surface area contributed by atoms with Crippen LogP contribution in [-0.4, -0.2) is 6.71 Å². The van der Waals surface area contributed by atoms with Gasteiger partial charge in [0.25, 0.3) is 6.71 Å². The standard InChI is InChI=1S/C63H73BN2O/c1-38-34-50-54-51(35-38)66(49-30-24-42(60(8,9)10)36-45(49)39-18-20-40(21-19-39)58(2,3)4)56-48(29-28-47-53(56)63(16,17)33-32-62(47,14)15)64(54)57-55(46-37-43(61(11,12)13)25-31-52(46)67-57)65(50)44-26-22-41(23-27-44)59(5,6)7/h18-31,34-37H,32-33H2,1-17H3. The summed E-state index contributed by atoms with van der Waals surface area (Å²) in [5.41, 5.74) is 23.7. The van der Waals surface area contributed by atoms with E-state index >= 15 is 0 Å². The highest BCUT2D eigenvalue weighted by Crippen LogP contribution is 2.55. The topological polar surface area (TPSA) is 19.6 Å². The summed E-state index contributed by atoms with van der Waals surface area (Å²) >= 11 is 0. The molecule has 0 bridgehead atoms. The summed E-state index contributed by atoms with van der Waals surface area (Å²) in [5.74, 6) is 0. The molecule has 0 saturated heterocycles. The molecule has 0 spiro atoms. The molecule has 67 heavy (non-hydrogen) atoms. The Morgan fingerprint density at radius 1 is 0.507 bits per heavy atom. The minimum atomic E-state index is -0.128. The van der Waals surface area contributed by atoms with Crippen LogP contribution >= 0.6 is 0 Å². The molecule has 1 aromatic heterocycles. The van der Waals surface area contributed by atoms with E-state index in [-0.39, 0.29) is 39.2 Å². The average Bonchev–Trinajstić information content (AvgIpc) is 3.62. The van der Waals surface area contributed by atoms with Gasteiger partial charge >= 0.3 is 0 Å². The number of hydrogen-bond acceptors (Lipinski definition) is 3. The Balaban J connectivity index is 1.35. The third-order valence-corrected chi connectivity index (χ3v) is 15.8. The predicted molar refractivity (Wildman–Crippen MR) is 290 cm³/mol. The molecule has 3 aliphatic rings. The van der Waals surface area contributed by atoms with Gasteiger partial charge in [-0.1, -0.05) is 171 Å². The SMILES string of the molecule is Cc1cc2c3c(c1)N(c1ccc(C(C)(C)C)cc1)c1c(oc4ccc(C(C)(C)C)cc14)B3c1ccc3c(c1N2c1ccc(C(C)(C)C)cc1-c1ccc(C(C)(C)C)cc1)C(C)(C)CCC3(C)C. The number of hydrogen-bond donors (Lipinski definition) is 0. The Bertz CT molecular complexity index is 3110. The molecule has 0 fully saturated rings. The summed E-state index contributed by atoms with van der Waals surface area (Å²) in [6, 6.07) is 42.9. The van der Waals surface area contributed by atoms with Crippen molar-refractivity contribution in [3.8, 4) is 11.1 Å². The van der Waals surface area contributed by atoms with E-state index in [1.165, 1.54) is 83.7 Å². The summed E-state index contributed by atoms with van der Waals surface area (Å²) in [5, 5.41) is 1.16. The second-order valence-corrected chi connectivity index (χ2v) is 25.9. The van der Waals surface area contributed by atoms with Crippen LogP contribution in [0.1, 0.15) is 163 Å². The van der Waals surface area contributed by atoms with Crippen LogP contribution in [0, 0.1) is 6.92 Å². The highest BCUT2D eigenvalue weighted by atomic mass is 16.3. The summed E-state index contributed by atoms with van der Waals surface area (Å²) in [6.45, 7) is 39.9. The van der Waals surface area contributed by atoms with Crippen molar-refractivity contribution < 1.29 is 4.42 Å². The molecule has 1 aliphatic carbocycles. The maximum absolute atomic E-state index is 7.43. The fourth-order valence-electron chi connectivity index (χ4n) is 11.5. The van der Waals surface area contributed by atoms with Gasteiger partial charge in [0.1, 0.15) is 5.58 Å². The predicted octanol–water partition coefficient (Wildman–Crippen LogP) is 16.0. The summed E-state index contributed by atoms with van der Waals surface area (Å²) < 4.78 is 7.43. The van der Waals surface area contributed by atoms with Gasteiger partial charge < -0.3 is 14.2 Å². The van der Waals surface area contributed by atoms with Crippen LogP contribution < -0.4 is 26.4 Å². The smallest absolute Gasteiger partial charge is 0.297 e. The Morgan fingerprint density at radius 2 is 1.03 bits per heavy atom. The van der Waals surface area contributed by atoms with E-state index in [9.17, 15) is 0 Å². The fourth-order valence-corrected chi connectivity index (χ4v) is 11.5. The van der Waals surface area contributed by atoms with Gasteiger partial charge in [-0.05, 0) is 156 Å². The van der Waals surface area contributed by atoms with Crippen LogP contribution in [0.25, 0.3) is 22.1 Å². The van der Waals surface area contributed by atoms with Gasteiger partial charge in [-0.3, -0.25) is 0 Å². The zero-order chi connectivity index (χ0) is 48.1. The average molecular weight is 885 g/mol. The van der Waals surface area contributed by atoms with Gasteiger partial charge in [-0.2, -0.15) is 0 Å². The first-order chi connectivity index (χ1) is 31.1. The van der Waals surface area contributed by atoms with Crippen LogP contribution in [0.4, 0.5) is 34.1 Å². The van der Waals surface area contributed by atoms with Gasteiger partial charge in [0.05, 0.1) is 17.0 Å². The number of nitrogens with zero attached hydrogens (tertiary/aromatic N) is 2. The van der Waals surface area contributed by atoms with E-state index in [2.05, 4.69) is 237 Å². The molecular formula is C63H73BN2O. The first kappa shape index (κ1) is 45.3. The van der Waals surface area contributed by atoms with Crippen molar-refractivity contribution in [3.63, 3.8) is 0 Å². The van der Waals surface area contributed by atoms with E-state index in [1.807, 2.05) is 0 Å². The number of furan rings is 1. The maximum Gasteiger partial charge on any atom is 0.297 e.